The lowest BCUT2D eigenvalue weighted by molar-refractivity contribution is 0.270. The van der Waals surface area contributed by atoms with E-state index in [4.69, 9.17) is 44.6 Å². The van der Waals surface area contributed by atoms with Crippen molar-refractivity contribution >= 4 is 34.8 Å². The number of hydrogen-bond acceptors (Lipinski definition) is 4. The van der Waals surface area contributed by atoms with E-state index in [1.807, 2.05) is 0 Å². The molecule has 7 heteroatoms. The van der Waals surface area contributed by atoms with Crippen LogP contribution in [0.5, 0.6) is 11.5 Å². The predicted octanol–water partition coefficient (Wildman–Crippen LogP) is 4.03. The third-order valence-electron chi connectivity index (χ3n) is 2.29. The average molecular weight is 320 g/mol. The Hall–Kier alpha value is -1.07. The molecular weight excluding hydrogens is 311 g/mol. The van der Waals surface area contributed by atoms with E-state index in [0.717, 1.165) is 0 Å². The standard InChI is InChI=1S/C12H9Cl3N2O2/c1-6-11(12(15)17-10(5-18)16-6)19-9-3-2-7(13)4-8(9)14/h2-4,18H,5H2,1H3. The molecule has 19 heavy (non-hydrogen) atoms. The van der Waals surface area contributed by atoms with E-state index in [0.29, 0.717) is 27.2 Å². The number of aliphatic hydroxyl groups is 1. The Bertz CT molecular complexity index is 597. The summed E-state index contributed by atoms with van der Waals surface area (Å²) in [5, 5.41) is 9.96. The minimum atomic E-state index is -0.289. The van der Waals surface area contributed by atoms with Gasteiger partial charge in [-0.3, -0.25) is 0 Å². The molecule has 2 aromatic rings. The largest absolute Gasteiger partial charge is 0.451 e. The van der Waals surface area contributed by atoms with Crippen LogP contribution >= 0.6 is 34.8 Å². The number of rotatable bonds is 3. The lowest BCUT2D eigenvalue weighted by Crippen LogP contribution is -2.01. The van der Waals surface area contributed by atoms with Gasteiger partial charge in [-0.1, -0.05) is 34.8 Å². The van der Waals surface area contributed by atoms with Crippen LogP contribution in [0.3, 0.4) is 0 Å². The monoisotopic (exact) mass is 318 g/mol. The minimum Gasteiger partial charge on any atom is -0.451 e. The number of ether oxygens (including phenoxy) is 1. The molecule has 4 nitrogen and oxygen atoms in total. The molecule has 0 unspecified atom stereocenters. The van der Waals surface area contributed by atoms with Crippen molar-refractivity contribution in [1.82, 2.24) is 9.97 Å². The molecule has 0 aliphatic carbocycles. The fourth-order valence-electron chi connectivity index (χ4n) is 1.44. The van der Waals surface area contributed by atoms with E-state index in [2.05, 4.69) is 9.97 Å². The Morgan fingerprint density at radius 3 is 2.53 bits per heavy atom. The van der Waals surface area contributed by atoms with Crippen LogP contribution in [0.1, 0.15) is 11.5 Å². The fourth-order valence-corrected chi connectivity index (χ4v) is 2.16. The summed E-state index contributed by atoms with van der Waals surface area (Å²) in [5.74, 6) is 0.927. The molecule has 0 atom stereocenters. The molecule has 100 valence electrons. The van der Waals surface area contributed by atoms with Crippen LogP contribution in [0.4, 0.5) is 0 Å². The number of halogens is 3. The highest BCUT2D eigenvalue weighted by atomic mass is 35.5. The van der Waals surface area contributed by atoms with E-state index < -0.39 is 0 Å². The smallest absolute Gasteiger partial charge is 0.185 e. The molecule has 0 spiro atoms. The van der Waals surface area contributed by atoms with E-state index in [1.165, 1.54) is 0 Å². The molecule has 0 amide bonds. The first kappa shape index (κ1) is 14.3. The Labute approximate surface area is 124 Å². The molecule has 1 aromatic carbocycles. The molecule has 0 bridgehead atoms. The summed E-state index contributed by atoms with van der Waals surface area (Å²) in [7, 11) is 0. The van der Waals surface area contributed by atoms with E-state index in [1.54, 1.807) is 25.1 Å². The Morgan fingerprint density at radius 2 is 1.95 bits per heavy atom. The Kier molecular flexibility index (Phi) is 4.47. The van der Waals surface area contributed by atoms with Gasteiger partial charge in [0.2, 0.25) is 0 Å². The van der Waals surface area contributed by atoms with Gasteiger partial charge in [-0.2, -0.15) is 0 Å². The molecule has 0 aliphatic heterocycles. The maximum Gasteiger partial charge on any atom is 0.185 e. The third kappa shape index (κ3) is 3.28. The SMILES string of the molecule is Cc1nc(CO)nc(Cl)c1Oc1ccc(Cl)cc1Cl. The zero-order valence-electron chi connectivity index (χ0n) is 9.82. The quantitative estimate of drug-likeness (QED) is 0.868. The van der Waals surface area contributed by atoms with Crippen molar-refractivity contribution in [2.24, 2.45) is 0 Å². The average Bonchev–Trinajstić information content (AvgIpc) is 2.35. The van der Waals surface area contributed by atoms with Crippen LogP contribution in [0.25, 0.3) is 0 Å². The number of benzene rings is 1. The number of hydrogen-bond donors (Lipinski definition) is 1. The van der Waals surface area contributed by atoms with Crippen molar-refractivity contribution in [2.75, 3.05) is 0 Å². The second-order valence-electron chi connectivity index (χ2n) is 3.68. The van der Waals surface area contributed by atoms with Crippen molar-refractivity contribution in [3.8, 4) is 11.5 Å². The second-order valence-corrected chi connectivity index (χ2v) is 4.88. The Morgan fingerprint density at radius 1 is 1.21 bits per heavy atom. The van der Waals surface area contributed by atoms with Gasteiger partial charge in [-0.15, -0.1) is 0 Å². The van der Waals surface area contributed by atoms with E-state index in [-0.39, 0.29) is 17.6 Å². The summed E-state index contributed by atoms with van der Waals surface area (Å²) in [6.07, 6.45) is 0. The first-order chi connectivity index (χ1) is 9.01. The van der Waals surface area contributed by atoms with Gasteiger partial charge in [0, 0.05) is 5.02 Å². The Balaban J connectivity index is 2.38. The second kappa shape index (κ2) is 5.92. The van der Waals surface area contributed by atoms with E-state index >= 15 is 0 Å². The van der Waals surface area contributed by atoms with Gasteiger partial charge in [-0.05, 0) is 25.1 Å². The number of aliphatic hydroxyl groups excluding tert-OH is 1. The normalized spacial score (nSPS) is 10.6. The topological polar surface area (TPSA) is 55.2 Å². The highest BCUT2D eigenvalue weighted by Crippen LogP contribution is 2.35. The van der Waals surface area contributed by atoms with Gasteiger partial charge in [-0.25, -0.2) is 9.97 Å². The number of nitrogens with zero attached hydrogens (tertiary/aromatic N) is 2. The molecule has 1 heterocycles. The lowest BCUT2D eigenvalue weighted by Gasteiger charge is -2.11. The molecule has 0 radical (unpaired) electrons. The third-order valence-corrected chi connectivity index (χ3v) is 3.07. The first-order valence-corrected chi connectivity index (χ1v) is 6.41. The lowest BCUT2D eigenvalue weighted by atomic mass is 10.3. The molecule has 0 saturated heterocycles. The van der Waals surface area contributed by atoms with Crippen molar-refractivity contribution in [3.05, 3.63) is 44.9 Å². The maximum absolute atomic E-state index is 8.98. The minimum absolute atomic E-state index is 0.113. The zero-order valence-corrected chi connectivity index (χ0v) is 12.1. The van der Waals surface area contributed by atoms with Gasteiger partial charge in [0.1, 0.15) is 12.4 Å². The molecular formula is C12H9Cl3N2O2. The maximum atomic E-state index is 8.98. The summed E-state index contributed by atoms with van der Waals surface area (Å²) in [4.78, 5) is 7.96. The van der Waals surface area contributed by atoms with Crippen LogP contribution in [-0.2, 0) is 6.61 Å². The van der Waals surface area contributed by atoms with Gasteiger partial charge in [0.25, 0.3) is 0 Å². The highest BCUT2D eigenvalue weighted by molar-refractivity contribution is 6.35. The van der Waals surface area contributed by atoms with Gasteiger partial charge < -0.3 is 9.84 Å². The van der Waals surface area contributed by atoms with Crippen molar-refractivity contribution in [1.29, 1.82) is 0 Å². The summed E-state index contributed by atoms with van der Waals surface area (Å²) in [6.45, 7) is 1.41. The fraction of sp³-hybridized carbons (Fsp3) is 0.167. The summed E-state index contributed by atoms with van der Waals surface area (Å²) < 4.78 is 5.60. The predicted molar refractivity (Wildman–Crippen MR) is 74.2 cm³/mol. The zero-order chi connectivity index (χ0) is 14.0. The molecule has 0 aliphatic rings. The number of aryl methyl sites for hydroxylation is 1. The molecule has 2 rings (SSSR count). The van der Waals surface area contributed by atoms with Crippen LogP contribution in [0.2, 0.25) is 15.2 Å². The van der Waals surface area contributed by atoms with Crippen molar-refractivity contribution in [2.45, 2.75) is 13.5 Å². The van der Waals surface area contributed by atoms with Gasteiger partial charge in [0.15, 0.2) is 16.7 Å². The van der Waals surface area contributed by atoms with Crippen molar-refractivity contribution in [3.63, 3.8) is 0 Å². The van der Waals surface area contributed by atoms with Crippen LogP contribution in [0.15, 0.2) is 18.2 Å². The van der Waals surface area contributed by atoms with Crippen molar-refractivity contribution < 1.29 is 9.84 Å². The van der Waals surface area contributed by atoms with Crippen LogP contribution in [0, 0.1) is 6.92 Å². The summed E-state index contributed by atoms with van der Waals surface area (Å²) in [5.41, 5.74) is 0.509. The molecule has 1 N–H and O–H groups in total. The first-order valence-electron chi connectivity index (χ1n) is 5.28. The molecule has 1 aromatic heterocycles. The summed E-state index contributed by atoms with van der Waals surface area (Å²) in [6, 6.07) is 4.83. The highest BCUT2D eigenvalue weighted by Gasteiger charge is 2.13. The van der Waals surface area contributed by atoms with E-state index in [9.17, 15) is 0 Å². The summed E-state index contributed by atoms with van der Waals surface area (Å²) >= 11 is 17.8. The number of aromatic nitrogens is 2. The van der Waals surface area contributed by atoms with Crippen LogP contribution < -0.4 is 4.74 Å². The molecule has 0 saturated carbocycles. The van der Waals surface area contributed by atoms with Gasteiger partial charge >= 0.3 is 0 Å². The van der Waals surface area contributed by atoms with Crippen LogP contribution in [-0.4, -0.2) is 15.1 Å². The molecule has 0 fully saturated rings. The van der Waals surface area contributed by atoms with Gasteiger partial charge in [0.05, 0.1) is 10.7 Å².